The highest BCUT2D eigenvalue weighted by Gasteiger charge is 2.18. The summed E-state index contributed by atoms with van der Waals surface area (Å²) in [7, 11) is 0. The van der Waals surface area contributed by atoms with Gasteiger partial charge in [-0.1, -0.05) is 30.3 Å². The molecule has 1 aromatic heterocycles. The van der Waals surface area contributed by atoms with Gasteiger partial charge in [0.05, 0.1) is 5.52 Å². The van der Waals surface area contributed by atoms with Crippen molar-refractivity contribution in [1.29, 1.82) is 0 Å². The van der Waals surface area contributed by atoms with E-state index in [1.807, 2.05) is 12.3 Å². The van der Waals surface area contributed by atoms with Gasteiger partial charge in [0.1, 0.15) is 0 Å². The lowest BCUT2D eigenvalue weighted by Gasteiger charge is -2.37. The van der Waals surface area contributed by atoms with Crippen LogP contribution in [0.3, 0.4) is 0 Å². The number of aromatic nitrogens is 1. The minimum atomic E-state index is 0.985. The fourth-order valence-electron chi connectivity index (χ4n) is 3.67. The molecule has 0 bridgehead atoms. The van der Waals surface area contributed by atoms with Crippen molar-refractivity contribution in [1.82, 2.24) is 9.88 Å². The number of nitrogens with zero attached hydrogens (tertiary/aromatic N) is 3. The number of para-hydroxylation sites is 1. The number of fused-ring (bicyclic) bond motifs is 1. The summed E-state index contributed by atoms with van der Waals surface area (Å²) in [5.74, 6) is 0. The van der Waals surface area contributed by atoms with Crippen molar-refractivity contribution in [3.63, 3.8) is 0 Å². The van der Waals surface area contributed by atoms with Crippen LogP contribution < -0.4 is 4.90 Å². The van der Waals surface area contributed by atoms with E-state index in [0.29, 0.717) is 0 Å². The van der Waals surface area contributed by atoms with E-state index in [-0.39, 0.29) is 0 Å². The normalized spacial score (nSPS) is 15.7. The van der Waals surface area contributed by atoms with E-state index in [0.717, 1.165) is 38.2 Å². The standard InChI is InChI=1S/C22H25N3/c1-17-7-8-18(2)22(13-17)25-11-9-24(10-12-25)16-19-14-20-5-3-4-6-21(20)23-15-19/h3-8,13-15H,9-12,16H2,1-2H3. The first-order valence-electron chi connectivity index (χ1n) is 9.07. The summed E-state index contributed by atoms with van der Waals surface area (Å²) in [4.78, 5) is 9.65. The molecule has 0 N–H and O–H groups in total. The Morgan fingerprint density at radius 3 is 2.56 bits per heavy atom. The maximum atomic E-state index is 4.59. The van der Waals surface area contributed by atoms with Crippen LogP contribution in [0.15, 0.2) is 54.7 Å². The molecular formula is C22H25N3. The average Bonchev–Trinajstić information content (AvgIpc) is 2.64. The van der Waals surface area contributed by atoms with Crippen molar-refractivity contribution in [3.8, 4) is 0 Å². The molecule has 1 fully saturated rings. The van der Waals surface area contributed by atoms with Gasteiger partial charge in [-0.05, 0) is 48.7 Å². The molecular weight excluding hydrogens is 306 g/mol. The predicted octanol–water partition coefficient (Wildman–Crippen LogP) is 4.17. The van der Waals surface area contributed by atoms with Crippen LogP contribution in [0.25, 0.3) is 10.9 Å². The number of anilines is 1. The Labute approximate surface area is 149 Å². The number of aryl methyl sites for hydroxylation is 2. The predicted molar refractivity (Wildman–Crippen MR) is 105 cm³/mol. The molecule has 0 saturated carbocycles. The third-order valence-electron chi connectivity index (χ3n) is 5.13. The van der Waals surface area contributed by atoms with Crippen LogP contribution in [0.5, 0.6) is 0 Å². The van der Waals surface area contributed by atoms with Crippen LogP contribution in [0, 0.1) is 13.8 Å². The van der Waals surface area contributed by atoms with Gasteiger partial charge in [0, 0.05) is 50.0 Å². The lowest BCUT2D eigenvalue weighted by atomic mass is 10.1. The molecule has 0 aliphatic carbocycles. The summed E-state index contributed by atoms with van der Waals surface area (Å²) in [5, 5.41) is 1.23. The quantitative estimate of drug-likeness (QED) is 0.718. The Hall–Kier alpha value is -2.39. The third-order valence-corrected chi connectivity index (χ3v) is 5.13. The maximum absolute atomic E-state index is 4.59. The van der Waals surface area contributed by atoms with Gasteiger partial charge in [-0.2, -0.15) is 0 Å². The zero-order valence-corrected chi connectivity index (χ0v) is 15.1. The van der Waals surface area contributed by atoms with E-state index >= 15 is 0 Å². The lowest BCUT2D eigenvalue weighted by molar-refractivity contribution is 0.249. The highest BCUT2D eigenvalue weighted by Crippen LogP contribution is 2.23. The third kappa shape index (κ3) is 3.52. The van der Waals surface area contributed by atoms with Crippen molar-refractivity contribution in [3.05, 3.63) is 71.4 Å². The van der Waals surface area contributed by atoms with Crippen molar-refractivity contribution in [2.45, 2.75) is 20.4 Å². The highest BCUT2D eigenvalue weighted by atomic mass is 15.3. The summed E-state index contributed by atoms with van der Waals surface area (Å²) >= 11 is 0. The van der Waals surface area contributed by atoms with Crippen LogP contribution in [-0.4, -0.2) is 36.1 Å². The van der Waals surface area contributed by atoms with Crippen LogP contribution in [0.1, 0.15) is 16.7 Å². The molecule has 1 aliphatic rings. The van der Waals surface area contributed by atoms with Gasteiger partial charge in [0.15, 0.2) is 0 Å². The highest BCUT2D eigenvalue weighted by molar-refractivity contribution is 5.78. The molecule has 3 nitrogen and oxygen atoms in total. The molecule has 25 heavy (non-hydrogen) atoms. The number of benzene rings is 2. The molecule has 0 amide bonds. The van der Waals surface area contributed by atoms with E-state index in [1.54, 1.807) is 0 Å². The summed E-state index contributed by atoms with van der Waals surface area (Å²) in [6.07, 6.45) is 2.03. The molecule has 0 unspecified atom stereocenters. The SMILES string of the molecule is Cc1ccc(C)c(N2CCN(Cc3cnc4ccccc4c3)CC2)c1. The van der Waals surface area contributed by atoms with E-state index in [9.17, 15) is 0 Å². The van der Waals surface area contributed by atoms with Gasteiger partial charge < -0.3 is 4.90 Å². The Morgan fingerprint density at radius 2 is 1.72 bits per heavy atom. The molecule has 2 aromatic carbocycles. The number of hydrogen-bond donors (Lipinski definition) is 0. The minimum Gasteiger partial charge on any atom is -0.369 e. The number of hydrogen-bond acceptors (Lipinski definition) is 3. The van der Waals surface area contributed by atoms with Crippen molar-refractivity contribution in [2.24, 2.45) is 0 Å². The largest absolute Gasteiger partial charge is 0.369 e. The maximum Gasteiger partial charge on any atom is 0.0702 e. The van der Waals surface area contributed by atoms with Gasteiger partial charge in [-0.25, -0.2) is 0 Å². The van der Waals surface area contributed by atoms with Crippen LogP contribution >= 0.6 is 0 Å². The van der Waals surface area contributed by atoms with Gasteiger partial charge in [0.25, 0.3) is 0 Å². The molecule has 0 atom stereocenters. The Bertz CT molecular complexity index is 879. The van der Waals surface area contributed by atoms with Crippen molar-refractivity contribution in [2.75, 3.05) is 31.1 Å². The Balaban J connectivity index is 1.42. The van der Waals surface area contributed by atoms with Crippen LogP contribution in [0.4, 0.5) is 5.69 Å². The first-order valence-corrected chi connectivity index (χ1v) is 9.07. The summed E-state index contributed by atoms with van der Waals surface area (Å²) in [5.41, 5.74) is 6.49. The van der Waals surface area contributed by atoms with Gasteiger partial charge in [-0.15, -0.1) is 0 Å². The first kappa shape index (κ1) is 16.1. The Morgan fingerprint density at radius 1 is 0.920 bits per heavy atom. The van der Waals surface area contributed by atoms with Crippen LogP contribution in [0.2, 0.25) is 0 Å². The summed E-state index contributed by atoms with van der Waals surface area (Å²) in [6.45, 7) is 9.74. The topological polar surface area (TPSA) is 19.4 Å². The van der Waals surface area contributed by atoms with E-state index in [1.165, 1.54) is 27.8 Å². The molecule has 128 valence electrons. The second-order valence-corrected chi connectivity index (χ2v) is 7.09. The summed E-state index contributed by atoms with van der Waals surface area (Å²) < 4.78 is 0. The number of rotatable bonds is 3. The second kappa shape index (κ2) is 6.85. The van der Waals surface area contributed by atoms with Crippen LogP contribution in [-0.2, 0) is 6.54 Å². The molecule has 1 aliphatic heterocycles. The van der Waals surface area contributed by atoms with Gasteiger partial charge >= 0.3 is 0 Å². The first-order chi connectivity index (χ1) is 12.2. The molecule has 3 heteroatoms. The van der Waals surface area contributed by atoms with Gasteiger partial charge in [0.2, 0.25) is 0 Å². The smallest absolute Gasteiger partial charge is 0.0702 e. The lowest BCUT2D eigenvalue weighted by Crippen LogP contribution is -2.46. The second-order valence-electron chi connectivity index (χ2n) is 7.09. The van der Waals surface area contributed by atoms with E-state index in [4.69, 9.17) is 0 Å². The van der Waals surface area contributed by atoms with E-state index < -0.39 is 0 Å². The molecule has 2 heterocycles. The van der Waals surface area contributed by atoms with Crippen molar-refractivity contribution >= 4 is 16.6 Å². The molecule has 0 radical (unpaired) electrons. The fourth-order valence-corrected chi connectivity index (χ4v) is 3.67. The molecule has 3 aromatic rings. The van der Waals surface area contributed by atoms with E-state index in [2.05, 4.69) is 71.1 Å². The molecule has 4 rings (SSSR count). The molecule has 1 saturated heterocycles. The molecule has 0 spiro atoms. The average molecular weight is 331 g/mol. The monoisotopic (exact) mass is 331 g/mol. The zero-order chi connectivity index (χ0) is 17.2. The summed E-state index contributed by atoms with van der Waals surface area (Å²) in [6, 6.07) is 17.4. The van der Waals surface area contributed by atoms with Crippen molar-refractivity contribution < 1.29 is 0 Å². The number of pyridine rings is 1. The fraction of sp³-hybridized carbons (Fsp3) is 0.318. The minimum absolute atomic E-state index is 0.985. The Kier molecular flexibility index (Phi) is 4.41. The van der Waals surface area contributed by atoms with Gasteiger partial charge in [-0.3, -0.25) is 9.88 Å². The zero-order valence-electron chi connectivity index (χ0n) is 15.1. The number of piperazine rings is 1.